The van der Waals surface area contributed by atoms with Crippen molar-refractivity contribution in [3.63, 3.8) is 0 Å². The largest absolute Gasteiger partial charge is 0.457 e. The van der Waals surface area contributed by atoms with Gasteiger partial charge in [0.15, 0.2) is 5.82 Å². The minimum absolute atomic E-state index is 0.250. The molecule has 4 aromatic rings. The number of pyridine rings is 1. The smallest absolute Gasteiger partial charge is 0.269 e. The van der Waals surface area contributed by atoms with Gasteiger partial charge in [0.05, 0.1) is 21.9 Å². The van der Waals surface area contributed by atoms with Crippen LogP contribution >= 0.6 is 0 Å². The third-order valence-corrected chi connectivity index (χ3v) is 6.10. The molecule has 11 nitrogen and oxygen atoms in total. The van der Waals surface area contributed by atoms with E-state index in [2.05, 4.69) is 42.8 Å². The average molecular weight is 544 g/mol. The molecule has 0 fully saturated rings. The minimum Gasteiger partial charge on any atom is -0.457 e. The molecule has 4 N–H and O–H groups in total. The zero-order chi connectivity index (χ0) is 27.8. The predicted octanol–water partition coefficient (Wildman–Crippen LogP) is 4.37. The van der Waals surface area contributed by atoms with E-state index >= 15 is 0 Å². The standard InChI is InChI=1S/C27H25N7O4S/c1-4-24(35)31-18-6-5-7-19(14-18)32-25-23(39(3)37)16-30-27(34-25)33-17-8-10-20(11-9-17)38-21-12-13-29-22(15-21)26(36)28-2/h4-16H,1H2,2-3H3,(H,28,36)(H,31,35)(H2,30,32,33,34). The number of carbonyl (C=O) groups is 2. The van der Waals surface area contributed by atoms with Crippen molar-refractivity contribution < 1.29 is 18.5 Å². The van der Waals surface area contributed by atoms with Gasteiger partial charge in [0.25, 0.3) is 5.91 Å². The Labute approximate surface area is 227 Å². The lowest BCUT2D eigenvalue weighted by molar-refractivity contribution is -0.111. The zero-order valence-corrected chi connectivity index (χ0v) is 21.9. The van der Waals surface area contributed by atoms with Crippen molar-refractivity contribution in [1.82, 2.24) is 20.3 Å². The lowest BCUT2D eigenvalue weighted by atomic mass is 10.2. The predicted molar refractivity (Wildman–Crippen MR) is 150 cm³/mol. The van der Waals surface area contributed by atoms with Crippen molar-refractivity contribution in [2.24, 2.45) is 0 Å². The Balaban J connectivity index is 1.49. The molecule has 0 radical (unpaired) electrons. The third kappa shape index (κ3) is 7.23. The van der Waals surface area contributed by atoms with E-state index in [1.165, 1.54) is 31.8 Å². The van der Waals surface area contributed by atoms with E-state index in [-0.39, 0.29) is 23.5 Å². The summed E-state index contributed by atoms with van der Waals surface area (Å²) in [6.45, 7) is 3.45. The monoisotopic (exact) mass is 543 g/mol. The molecular weight excluding hydrogens is 518 g/mol. The van der Waals surface area contributed by atoms with E-state index in [0.29, 0.717) is 39.3 Å². The van der Waals surface area contributed by atoms with Gasteiger partial charge in [-0.3, -0.25) is 18.8 Å². The Morgan fingerprint density at radius 1 is 0.949 bits per heavy atom. The second kappa shape index (κ2) is 12.4. The summed E-state index contributed by atoms with van der Waals surface area (Å²) >= 11 is 0. The van der Waals surface area contributed by atoms with Crippen molar-refractivity contribution in [3.05, 3.63) is 91.4 Å². The molecule has 0 saturated heterocycles. The fraction of sp³-hybridized carbons (Fsp3) is 0.0741. The van der Waals surface area contributed by atoms with Gasteiger partial charge in [-0.05, 0) is 54.6 Å². The second-order valence-corrected chi connectivity index (χ2v) is 9.32. The first-order chi connectivity index (χ1) is 18.8. The van der Waals surface area contributed by atoms with Crippen LogP contribution in [-0.4, -0.2) is 44.3 Å². The number of anilines is 5. The van der Waals surface area contributed by atoms with E-state index in [1.54, 1.807) is 60.7 Å². The Morgan fingerprint density at radius 2 is 1.72 bits per heavy atom. The Morgan fingerprint density at radius 3 is 2.44 bits per heavy atom. The van der Waals surface area contributed by atoms with E-state index in [1.807, 2.05) is 0 Å². The van der Waals surface area contributed by atoms with E-state index < -0.39 is 10.8 Å². The topological polar surface area (TPSA) is 147 Å². The van der Waals surface area contributed by atoms with Gasteiger partial charge in [0.1, 0.15) is 17.2 Å². The van der Waals surface area contributed by atoms with Gasteiger partial charge in [0, 0.05) is 42.6 Å². The van der Waals surface area contributed by atoms with Crippen molar-refractivity contribution in [2.75, 3.05) is 29.3 Å². The lowest BCUT2D eigenvalue weighted by Gasteiger charge is -2.13. The molecule has 2 aromatic heterocycles. The lowest BCUT2D eigenvalue weighted by Crippen LogP contribution is -2.18. The highest BCUT2D eigenvalue weighted by atomic mass is 32.2. The van der Waals surface area contributed by atoms with Gasteiger partial charge in [-0.2, -0.15) is 4.98 Å². The van der Waals surface area contributed by atoms with Crippen LogP contribution in [0.3, 0.4) is 0 Å². The highest BCUT2D eigenvalue weighted by Gasteiger charge is 2.12. The fourth-order valence-electron chi connectivity index (χ4n) is 3.33. The maximum Gasteiger partial charge on any atom is 0.269 e. The average Bonchev–Trinajstić information content (AvgIpc) is 2.94. The van der Waals surface area contributed by atoms with Crippen molar-refractivity contribution in [3.8, 4) is 11.5 Å². The molecule has 2 heterocycles. The van der Waals surface area contributed by atoms with Crippen LogP contribution in [0.1, 0.15) is 10.5 Å². The number of nitrogens with one attached hydrogen (secondary N) is 4. The highest BCUT2D eigenvalue weighted by molar-refractivity contribution is 7.84. The Bertz CT molecular complexity index is 1540. The number of nitrogens with zero attached hydrogens (tertiary/aromatic N) is 3. The molecule has 39 heavy (non-hydrogen) atoms. The normalized spacial score (nSPS) is 11.1. The molecule has 12 heteroatoms. The summed E-state index contributed by atoms with van der Waals surface area (Å²) in [6, 6.07) is 17.3. The number of carbonyl (C=O) groups excluding carboxylic acids is 2. The maximum atomic E-state index is 12.3. The number of hydrogen-bond acceptors (Lipinski definition) is 9. The fourth-order valence-corrected chi connectivity index (χ4v) is 3.90. The van der Waals surface area contributed by atoms with Gasteiger partial charge in [-0.15, -0.1) is 0 Å². The van der Waals surface area contributed by atoms with Crippen LogP contribution in [0.5, 0.6) is 11.5 Å². The molecule has 4 rings (SSSR count). The highest BCUT2D eigenvalue weighted by Crippen LogP contribution is 2.27. The van der Waals surface area contributed by atoms with Crippen LogP contribution in [0.25, 0.3) is 0 Å². The van der Waals surface area contributed by atoms with Crippen LogP contribution in [0, 0.1) is 0 Å². The number of hydrogen-bond donors (Lipinski definition) is 4. The first-order valence-electron chi connectivity index (χ1n) is 11.6. The first kappa shape index (κ1) is 26.9. The number of ether oxygens (including phenoxy) is 1. The van der Waals surface area contributed by atoms with E-state index in [0.717, 1.165) is 0 Å². The van der Waals surface area contributed by atoms with Crippen molar-refractivity contribution in [1.29, 1.82) is 0 Å². The van der Waals surface area contributed by atoms with Crippen LogP contribution in [0.15, 0.2) is 90.6 Å². The molecule has 0 bridgehead atoms. The number of benzene rings is 2. The second-order valence-electron chi connectivity index (χ2n) is 7.97. The van der Waals surface area contributed by atoms with Gasteiger partial charge in [-0.25, -0.2) is 4.98 Å². The minimum atomic E-state index is -1.36. The van der Waals surface area contributed by atoms with Crippen LogP contribution in [0.2, 0.25) is 0 Å². The van der Waals surface area contributed by atoms with E-state index in [4.69, 9.17) is 4.74 Å². The number of rotatable bonds is 10. The Hall–Kier alpha value is -5.10. The molecule has 198 valence electrons. The molecule has 0 aliphatic heterocycles. The summed E-state index contributed by atoms with van der Waals surface area (Å²) in [5.41, 5.74) is 2.13. The van der Waals surface area contributed by atoms with Gasteiger partial charge in [0.2, 0.25) is 11.9 Å². The molecule has 0 spiro atoms. The summed E-state index contributed by atoms with van der Waals surface area (Å²) in [4.78, 5) is 36.7. The summed E-state index contributed by atoms with van der Waals surface area (Å²) < 4.78 is 18.1. The third-order valence-electron chi connectivity index (χ3n) is 5.18. The zero-order valence-electron chi connectivity index (χ0n) is 21.1. The Kier molecular flexibility index (Phi) is 8.59. The quantitative estimate of drug-likeness (QED) is 0.214. The van der Waals surface area contributed by atoms with Gasteiger partial charge < -0.3 is 26.0 Å². The number of amides is 2. The summed E-state index contributed by atoms with van der Waals surface area (Å²) in [6.07, 6.45) is 5.71. The van der Waals surface area contributed by atoms with Gasteiger partial charge >= 0.3 is 0 Å². The molecule has 0 aliphatic carbocycles. The maximum absolute atomic E-state index is 12.3. The summed E-state index contributed by atoms with van der Waals surface area (Å²) in [5.74, 6) is 1.02. The first-order valence-corrected chi connectivity index (χ1v) is 13.1. The van der Waals surface area contributed by atoms with Crippen LogP contribution in [0.4, 0.5) is 28.8 Å². The summed E-state index contributed by atoms with van der Waals surface area (Å²) in [5, 5.41) is 11.5. The van der Waals surface area contributed by atoms with Gasteiger partial charge in [-0.1, -0.05) is 12.6 Å². The molecule has 0 saturated carbocycles. The van der Waals surface area contributed by atoms with Crippen LogP contribution < -0.4 is 26.0 Å². The van der Waals surface area contributed by atoms with Crippen LogP contribution in [-0.2, 0) is 15.6 Å². The van der Waals surface area contributed by atoms with Crippen molar-refractivity contribution in [2.45, 2.75) is 4.90 Å². The number of aromatic nitrogens is 3. The molecule has 2 amide bonds. The van der Waals surface area contributed by atoms with Crippen molar-refractivity contribution >= 4 is 51.4 Å². The molecule has 0 aliphatic rings. The molecule has 1 atom stereocenters. The molecular formula is C27H25N7O4S. The van der Waals surface area contributed by atoms with E-state index in [9.17, 15) is 13.8 Å². The molecule has 2 aromatic carbocycles. The molecule has 1 unspecified atom stereocenters. The SMILES string of the molecule is C=CC(=O)Nc1cccc(Nc2nc(Nc3ccc(Oc4ccnc(C(=O)NC)c4)cc3)ncc2S(C)=O)c1. The summed E-state index contributed by atoms with van der Waals surface area (Å²) in [7, 11) is 0.176.